The SMILES string of the molecule is CN(C)C[C@@H]1CN(Cc2ccncc2)C[C@H]1NC(=O)c1ccc(Cl)cc1. The molecule has 1 N–H and O–H groups in total. The lowest BCUT2D eigenvalue weighted by molar-refractivity contribution is 0.0927. The number of amides is 1. The molecule has 1 amide bonds. The van der Waals surface area contributed by atoms with Crippen molar-refractivity contribution in [3.8, 4) is 0 Å². The van der Waals surface area contributed by atoms with Gasteiger partial charge in [-0.2, -0.15) is 0 Å². The quantitative estimate of drug-likeness (QED) is 0.846. The highest BCUT2D eigenvalue weighted by atomic mass is 35.5. The van der Waals surface area contributed by atoms with Crippen LogP contribution in [0, 0.1) is 5.92 Å². The molecular weight excluding hydrogens is 348 g/mol. The number of hydrogen-bond acceptors (Lipinski definition) is 4. The lowest BCUT2D eigenvalue weighted by Crippen LogP contribution is -2.43. The molecule has 0 unspecified atom stereocenters. The molecule has 6 heteroatoms. The molecule has 2 heterocycles. The maximum Gasteiger partial charge on any atom is 0.251 e. The van der Waals surface area contributed by atoms with E-state index in [2.05, 4.69) is 34.2 Å². The molecule has 0 bridgehead atoms. The van der Waals surface area contributed by atoms with E-state index in [0.717, 1.165) is 26.2 Å². The van der Waals surface area contributed by atoms with Crippen molar-refractivity contribution in [1.82, 2.24) is 20.1 Å². The number of nitrogens with one attached hydrogen (secondary N) is 1. The molecule has 1 aromatic carbocycles. The Bertz CT molecular complexity index is 720. The average Bonchev–Trinajstić information content (AvgIpc) is 2.96. The Balaban J connectivity index is 1.66. The minimum absolute atomic E-state index is 0.0406. The van der Waals surface area contributed by atoms with Crippen molar-refractivity contribution in [3.05, 3.63) is 64.9 Å². The molecule has 1 aliphatic heterocycles. The number of likely N-dealkylation sites (tertiary alicyclic amines) is 1. The molecule has 1 fully saturated rings. The molecule has 0 radical (unpaired) electrons. The molecule has 138 valence electrons. The second-order valence-corrected chi connectivity index (χ2v) is 7.60. The van der Waals surface area contributed by atoms with Gasteiger partial charge in [-0.1, -0.05) is 11.6 Å². The summed E-state index contributed by atoms with van der Waals surface area (Å²) in [5.74, 6) is 0.351. The monoisotopic (exact) mass is 372 g/mol. The van der Waals surface area contributed by atoms with Crippen LogP contribution in [0.25, 0.3) is 0 Å². The first-order valence-corrected chi connectivity index (χ1v) is 9.21. The van der Waals surface area contributed by atoms with Crippen molar-refractivity contribution in [3.63, 3.8) is 0 Å². The highest BCUT2D eigenvalue weighted by molar-refractivity contribution is 6.30. The Kier molecular flexibility index (Phi) is 6.25. The average molecular weight is 373 g/mol. The van der Waals surface area contributed by atoms with Gasteiger partial charge in [0.05, 0.1) is 0 Å². The van der Waals surface area contributed by atoms with Crippen molar-refractivity contribution < 1.29 is 4.79 Å². The third-order valence-corrected chi connectivity index (χ3v) is 4.95. The van der Waals surface area contributed by atoms with Crippen molar-refractivity contribution in [2.45, 2.75) is 12.6 Å². The van der Waals surface area contributed by atoms with Crippen LogP contribution in [0.3, 0.4) is 0 Å². The van der Waals surface area contributed by atoms with Gasteiger partial charge >= 0.3 is 0 Å². The van der Waals surface area contributed by atoms with E-state index in [1.807, 2.05) is 24.5 Å². The first-order valence-electron chi connectivity index (χ1n) is 8.83. The number of hydrogen-bond donors (Lipinski definition) is 1. The minimum Gasteiger partial charge on any atom is -0.348 e. The molecule has 5 nitrogen and oxygen atoms in total. The Hall–Kier alpha value is -1.95. The summed E-state index contributed by atoms with van der Waals surface area (Å²) in [6, 6.07) is 11.2. The Morgan fingerprint density at radius 3 is 2.54 bits per heavy atom. The van der Waals surface area contributed by atoms with E-state index in [4.69, 9.17) is 11.6 Å². The first-order chi connectivity index (χ1) is 12.5. The maximum absolute atomic E-state index is 12.6. The lowest BCUT2D eigenvalue weighted by atomic mass is 10.0. The molecule has 3 rings (SSSR count). The first kappa shape index (κ1) is 18.8. The van der Waals surface area contributed by atoms with Gasteiger partial charge in [0.25, 0.3) is 5.91 Å². The largest absolute Gasteiger partial charge is 0.348 e. The van der Waals surface area contributed by atoms with E-state index in [1.54, 1.807) is 24.3 Å². The van der Waals surface area contributed by atoms with Crippen LogP contribution < -0.4 is 5.32 Å². The lowest BCUT2D eigenvalue weighted by Gasteiger charge is -2.23. The summed E-state index contributed by atoms with van der Waals surface area (Å²) in [6.07, 6.45) is 3.64. The fraction of sp³-hybridized carbons (Fsp3) is 0.400. The predicted octanol–water partition coefficient (Wildman–Crippen LogP) is 2.53. The summed E-state index contributed by atoms with van der Waals surface area (Å²) in [4.78, 5) is 21.3. The molecule has 26 heavy (non-hydrogen) atoms. The van der Waals surface area contributed by atoms with Crippen LogP contribution in [0.2, 0.25) is 5.02 Å². The van der Waals surface area contributed by atoms with Gasteiger partial charge in [0.1, 0.15) is 0 Å². The highest BCUT2D eigenvalue weighted by Crippen LogP contribution is 2.21. The maximum atomic E-state index is 12.6. The summed E-state index contributed by atoms with van der Waals surface area (Å²) >= 11 is 5.91. The summed E-state index contributed by atoms with van der Waals surface area (Å²) in [5.41, 5.74) is 1.89. The number of rotatable bonds is 6. The van der Waals surface area contributed by atoms with Crippen molar-refractivity contribution in [2.75, 3.05) is 33.7 Å². The Morgan fingerprint density at radius 1 is 1.19 bits per heavy atom. The molecule has 0 aliphatic carbocycles. The number of benzene rings is 1. The highest BCUT2D eigenvalue weighted by Gasteiger charge is 2.34. The Labute approximate surface area is 160 Å². The second kappa shape index (κ2) is 8.62. The number of carbonyl (C=O) groups excluding carboxylic acids is 1. The van der Waals surface area contributed by atoms with Gasteiger partial charge < -0.3 is 10.2 Å². The van der Waals surface area contributed by atoms with Gasteiger partial charge in [0.2, 0.25) is 0 Å². The molecule has 0 spiro atoms. The fourth-order valence-corrected chi connectivity index (χ4v) is 3.63. The van der Waals surface area contributed by atoms with Crippen molar-refractivity contribution >= 4 is 17.5 Å². The third kappa shape index (κ3) is 5.04. The van der Waals surface area contributed by atoms with Crippen LogP contribution in [0.15, 0.2) is 48.8 Å². The number of halogens is 1. The molecule has 2 aromatic rings. The molecule has 1 saturated heterocycles. The molecule has 0 saturated carbocycles. The van der Waals surface area contributed by atoms with Crippen molar-refractivity contribution in [1.29, 1.82) is 0 Å². The minimum atomic E-state index is -0.0406. The molecule has 1 aliphatic rings. The van der Waals surface area contributed by atoms with E-state index < -0.39 is 0 Å². The van der Waals surface area contributed by atoms with Gasteiger partial charge in [-0.05, 0) is 56.1 Å². The number of aromatic nitrogens is 1. The van der Waals surface area contributed by atoms with Crippen LogP contribution in [0.5, 0.6) is 0 Å². The molecular formula is C20H25ClN4O. The summed E-state index contributed by atoms with van der Waals surface area (Å²) in [7, 11) is 4.15. The number of pyridine rings is 1. The van der Waals surface area contributed by atoms with Gasteiger partial charge in [0, 0.05) is 61.1 Å². The van der Waals surface area contributed by atoms with Crippen LogP contribution in [-0.4, -0.2) is 60.5 Å². The normalized spacial score (nSPS) is 20.5. The van der Waals surface area contributed by atoms with Crippen molar-refractivity contribution in [2.24, 2.45) is 5.92 Å². The zero-order valence-corrected chi connectivity index (χ0v) is 16.0. The number of carbonyl (C=O) groups is 1. The molecule has 2 atom stereocenters. The van der Waals surface area contributed by atoms with Crippen LogP contribution in [0.1, 0.15) is 15.9 Å². The zero-order valence-electron chi connectivity index (χ0n) is 15.2. The Morgan fingerprint density at radius 2 is 1.88 bits per heavy atom. The number of nitrogens with zero attached hydrogens (tertiary/aromatic N) is 3. The van der Waals surface area contributed by atoms with Crippen LogP contribution in [-0.2, 0) is 6.54 Å². The van der Waals surface area contributed by atoms with Crippen LogP contribution in [0.4, 0.5) is 0 Å². The van der Waals surface area contributed by atoms with Gasteiger partial charge in [-0.25, -0.2) is 0 Å². The van der Waals surface area contributed by atoms with Crippen LogP contribution >= 0.6 is 11.6 Å². The summed E-state index contributed by atoms with van der Waals surface area (Å²) < 4.78 is 0. The second-order valence-electron chi connectivity index (χ2n) is 7.16. The van der Waals surface area contributed by atoms with E-state index in [0.29, 0.717) is 16.5 Å². The van der Waals surface area contributed by atoms with E-state index >= 15 is 0 Å². The third-order valence-electron chi connectivity index (χ3n) is 4.69. The van der Waals surface area contributed by atoms with E-state index in [-0.39, 0.29) is 11.9 Å². The fourth-order valence-electron chi connectivity index (χ4n) is 3.51. The van der Waals surface area contributed by atoms with E-state index in [9.17, 15) is 4.79 Å². The smallest absolute Gasteiger partial charge is 0.251 e. The summed E-state index contributed by atoms with van der Waals surface area (Å²) in [6.45, 7) is 3.63. The van der Waals surface area contributed by atoms with Gasteiger partial charge in [-0.15, -0.1) is 0 Å². The molecule has 1 aromatic heterocycles. The van der Waals surface area contributed by atoms with E-state index in [1.165, 1.54) is 5.56 Å². The van der Waals surface area contributed by atoms with Gasteiger partial charge in [0.15, 0.2) is 0 Å². The predicted molar refractivity (Wildman–Crippen MR) is 104 cm³/mol. The standard InChI is InChI=1S/C20H25ClN4O/c1-24(2)12-17-13-25(11-15-7-9-22-10-8-15)14-19(17)23-20(26)16-3-5-18(21)6-4-16/h3-10,17,19H,11-14H2,1-2H3,(H,23,26)/t17-,19-/m1/s1. The van der Waals surface area contributed by atoms with Gasteiger partial charge in [-0.3, -0.25) is 14.7 Å². The zero-order chi connectivity index (χ0) is 18.5. The summed E-state index contributed by atoms with van der Waals surface area (Å²) in [5, 5.41) is 3.86. The topological polar surface area (TPSA) is 48.5 Å².